The third-order valence-corrected chi connectivity index (χ3v) is 6.59. The molecule has 1 heterocycles. The molecule has 9 heteroatoms. The number of rotatable bonds is 4. The van der Waals surface area contributed by atoms with Crippen LogP contribution >= 0.6 is 23.2 Å². The summed E-state index contributed by atoms with van der Waals surface area (Å²) in [6, 6.07) is 4.24. The minimum atomic E-state index is -3.75. The average molecular weight is 403 g/mol. The molecule has 25 heavy (non-hydrogen) atoms. The standard InChI is InChI=1S/C16H16Cl2N2O4S/c17-14-8-19-15(18)13-7-11(5-6-12(13)14)25(23,24)20-10-3-1-9(2-4-10)16(21)22/h5-10,20H,1-4H2,(H,21,22). The lowest BCUT2D eigenvalue weighted by molar-refractivity contribution is -0.142. The van der Waals surface area contributed by atoms with Gasteiger partial charge in [0.1, 0.15) is 5.15 Å². The second kappa shape index (κ2) is 7.07. The summed E-state index contributed by atoms with van der Waals surface area (Å²) in [6.07, 6.45) is 3.34. The minimum Gasteiger partial charge on any atom is -0.481 e. The normalized spacial score (nSPS) is 21.4. The van der Waals surface area contributed by atoms with Crippen LogP contribution in [-0.4, -0.2) is 30.5 Å². The molecular formula is C16H16Cl2N2O4S. The maximum absolute atomic E-state index is 12.6. The Bertz CT molecular complexity index is 925. The largest absolute Gasteiger partial charge is 0.481 e. The molecule has 0 aliphatic heterocycles. The lowest BCUT2D eigenvalue weighted by Gasteiger charge is -2.26. The number of sulfonamides is 1. The topological polar surface area (TPSA) is 96.4 Å². The van der Waals surface area contributed by atoms with Crippen molar-refractivity contribution in [3.63, 3.8) is 0 Å². The van der Waals surface area contributed by atoms with Gasteiger partial charge in [0.25, 0.3) is 0 Å². The van der Waals surface area contributed by atoms with E-state index in [9.17, 15) is 13.2 Å². The Morgan fingerprint density at radius 2 is 1.84 bits per heavy atom. The summed E-state index contributed by atoms with van der Waals surface area (Å²) in [7, 11) is -3.75. The van der Waals surface area contributed by atoms with Crippen molar-refractivity contribution in [2.24, 2.45) is 5.92 Å². The van der Waals surface area contributed by atoms with E-state index >= 15 is 0 Å². The number of carboxylic acid groups (broad SMARTS) is 1. The van der Waals surface area contributed by atoms with Gasteiger partial charge in [0.15, 0.2) is 0 Å². The Labute approximate surface area is 155 Å². The molecule has 2 aromatic rings. The Kier molecular flexibility index (Phi) is 5.20. The highest BCUT2D eigenvalue weighted by Crippen LogP contribution is 2.30. The van der Waals surface area contributed by atoms with Crippen LogP contribution in [0.1, 0.15) is 25.7 Å². The van der Waals surface area contributed by atoms with Crippen molar-refractivity contribution in [2.75, 3.05) is 0 Å². The first-order valence-corrected chi connectivity index (χ1v) is 10.0. The van der Waals surface area contributed by atoms with Crippen molar-refractivity contribution in [1.29, 1.82) is 0 Å². The first-order valence-electron chi connectivity index (χ1n) is 7.77. The van der Waals surface area contributed by atoms with Crippen molar-refractivity contribution in [2.45, 2.75) is 36.6 Å². The van der Waals surface area contributed by atoms with Gasteiger partial charge in [-0.3, -0.25) is 4.79 Å². The molecule has 3 rings (SSSR count). The predicted molar refractivity (Wildman–Crippen MR) is 95.5 cm³/mol. The van der Waals surface area contributed by atoms with E-state index < -0.39 is 21.9 Å². The molecule has 0 bridgehead atoms. The van der Waals surface area contributed by atoms with Gasteiger partial charge >= 0.3 is 5.97 Å². The number of carboxylic acids is 1. The molecule has 6 nitrogen and oxygen atoms in total. The second-order valence-corrected chi connectivity index (χ2v) is 8.59. The molecule has 0 saturated heterocycles. The van der Waals surface area contributed by atoms with Crippen LogP contribution in [0.2, 0.25) is 10.2 Å². The van der Waals surface area contributed by atoms with Crippen molar-refractivity contribution in [1.82, 2.24) is 9.71 Å². The van der Waals surface area contributed by atoms with Crippen molar-refractivity contribution in [3.8, 4) is 0 Å². The van der Waals surface area contributed by atoms with Gasteiger partial charge in [0.05, 0.1) is 15.8 Å². The number of hydrogen-bond acceptors (Lipinski definition) is 4. The SMILES string of the molecule is O=C(O)C1CCC(NS(=O)(=O)c2ccc3c(Cl)cnc(Cl)c3c2)CC1. The van der Waals surface area contributed by atoms with E-state index in [-0.39, 0.29) is 16.1 Å². The van der Waals surface area contributed by atoms with E-state index in [1.807, 2.05) is 0 Å². The van der Waals surface area contributed by atoms with Gasteiger partial charge in [-0.15, -0.1) is 0 Å². The van der Waals surface area contributed by atoms with Crippen LogP contribution in [0, 0.1) is 5.92 Å². The number of nitrogens with zero attached hydrogens (tertiary/aromatic N) is 1. The molecule has 0 spiro atoms. The smallest absolute Gasteiger partial charge is 0.306 e. The maximum atomic E-state index is 12.6. The highest BCUT2D eigenvalue weighted by molar-refractivity contribution is 7.89. The van der Waals surface area contributed by atoms with Gasteiger partial charge in [-0.05, 0) is 37.8 Å². The van der Waals surface area contributed by atoms with E-state index in [1.165, 1.54) is 18.3 Å². The molecule has 1 fully saturated rings. The number of aromatic nitrogens is 1. The lowest BCUT2D eigenvalue weighted by atomic mass is 9.87. The average Bonchev–Trinajstić information content (AvgIpc) is 2.58. The van der Waals surface area contributed by atoms with Gasteiger partial charge in [0, 0.05) is 23.0 Å². The predicted octanol–water partition coefficient (Wildman–Crippen LogP) is 3.46. The van der Waals surface area contributed by atoms with E-state index in [1.54, 1.807) is 6.07 Å². The van der Waals surface area contributed by atoms with Gasteiger partial charge in [-0.2, -0.15) is 0 Å². The number of nitrogens with one attached hydrogen (secondary N) is 1. The van der Waals surface area contributed by atoms with Gasteiger partial charge in [0.2, 0.25) is 10.0 Å². The van der Waals surface area contributed by atoms with E-state index in [2.05, 4.69) is 9.71 Å². The fourth-order valence-electron chi connectivity index (χ4n) is 3.07. The lowest BCUT2D eigenvalue weighted by Crippen LogP contribution is -2.38. The summed E-state index contributed by atoms with van der Waals surface area (Å²) >= 11 is 12.1. The fourth-order valence-corrected chi connectivity index (χ4v) is 4.82. The molecule has 1 aromatic heterocycles. The summed E-state index contributed by atoms with van der Waals surface area (Å²) < 4.78 is 27.9. The van der Waals surface area contributed by atoms with Crippen LogP contribution in [0.5, 0.6) is 0 Å². The molecule has 1 saturated carbocycles. The van der Waals surface area contributed by atoms with Crippen LogP contribution in [0.4, 0.5) is 0 Å². The first-order chi connectivity index (χ1) is 11.8. The van der Waals surface area contributed by atoms with Gasteiger partial charge in [-0.1, -0.05) is 29.3 Å². The Morgan fingerprint density at radius 1 is 1.16 bits per heavy atom. The number of hydrogen-bond donors (Lipinski definition) is 2. The Hall–Kier alpha value is -1.41. The van der Waals surface area contributed by atoms with Crippen LogP contribution < -0.4 is 4.72 Å². The van der Waals surface area contributed by atoms with Crippen molar-refractivity contribution in [3.05, 3.63) is 34.6 Å². The van der Waals surface area contributed by atoms with Gasteiger partial charge in [-0.25, -0.2) is 18.1 Å². The van der Waals surface area contributed by atoms with Crippen LogP contribution in [0.25, 0.3) is 10.8 Å². The number of fused-ring (bicyclic) bond motifs is 1. The molecule has 0 atom stereocenters. The number of benzene rings is 1. The highest BCUT2D eigenvalue weighted by atomic mass is 35.5. The highest BCUT2D eigenvalue weighted by Gasteiger charge is 2.29. The third-order valence-electron chi connectivity index (χ3n) is 4.47. The quantitative estimate of drug-likeness (QED) is 0.763. The summed E-state index contributed by atoms with van der Waals surface area (Å²) in [4.78, 5) is 15.0. The monoisotopic (exact) mass is 402 g/mol. The van der Waals surface area contributed by atoms with E-state index in [4.69, 9.17) is 28.3 Å². The first kappa shape index (κ1) is 18.4. The zero-order valence-corrected chi connectivity index (χ0v) is 15.4. The molecule has 1 aromatic carbocycles. The summed E-state index contributed by atoms with van der Waals surface area (Å²) in [5, 5.41) is 10.7. The zero-order valence-electron chi connectivity index (χ0n) is 13.1. The van der Waals surface area contributed by atoms with Gasteiger partial charge < -0.3 is 5.11 Å². The zero-order chi connectivity index (χ0) is 18.2. The molecule has 0 amide bonds. The maximum Gasteiger partial charge on any atom is 0.306 e. The number of pyridine rings is 1. The Morgan fingerprint density at radius 3 is 2.48 bits per heavy atom. The molecule has 0 radical (unpaired) electrons. The van der Waals surface area contributed by atoms with Crippen molar-refractivity contribution >= 4 is 50.0 Å². The molecule has 0 unspecified atom stereocenters. The molecule has 1 aliphatic rings. The molecule has 1 aliphatic carbocycles. The summed E-state index contributed by atoms with van der Waals surface area (Å²) in [5.41, 5.74) is 0. The second-order valence-electron chi connectivity index (χ2n) is 6.11. The molecule has 2 N–H and O–H groups in total. The minimum absolute atomic E-state index is 0.0753. The molecular weight excluding hydrogens is 387 g/mol. The fraction of sp³-hybridized carbons (Fsp3) is 0.375. The van der Waals surface area contributed by atoms with E-state index in [0.717, 1.165) is 0 Å². The summed E-state index contributed by atoms with van der Waals surface area (Å²) in [6.45, 7) is 0. The number of aliphatic carboxylic acids is 1. The Balaban J connectivity index is 1.82. The van der Waals surface area contributed by atoms with E-state index in [0.29, 0.717) is 41.5 Å². The van der Waals surface area contributed by atoms with Crippen LogP contribution in [0.3, 0.4) is 0 Å². The number of halogens is 2. The van der Waals surface area contributed by atoms with Crippen LogP contribution in [0.15, 0.2) is 29.3 Å². The van der Waals surface area contributed by atoms with Crippen LogP contribution in [-0.2, 0) is 14.8 Å². The summed E-state index contributed by atoms with van der Waals surface area (Å²) in [5.74, 6) is -1.22. The number of carbonyl (C=O) groups is 1. The van der Waals surface area contributed by atoms with Crippen molar-refractivity contribution < 1.29 is 18.3 Å². The third kappa shape index (κ3) is 3.89. The molecule has 134 valence electrons.